The van der Waals surface area contributed by atoms with Crippen LogP contribution >= 0.6 is 11.8 Å². The van der Waals surface area contributed by atoms with E-state index in [1.165, 1.54) is 6.07 Å². The van der Waals surface area contributed by atoms with Gasteiger partial charge >= 0.3 is 0 Å². The number of anilines is 2. The van der Waals surface area contributed by atoms with Gasteiger partial charge in [-0.05, 0) is 60.7 Å². The molecule has 0 bridgehead atoms. The van der Waals surface area contributed by atoms with Crippen molar-refractivity contribution < 1.29 is 13.2 Å². The predicted molar refractivity (Wildman–Crippen MR) is 101 cm³/mol. The average molecular weight is 377 g/mol. The fraction of sp³-hybridized carbons (Fsp3) is 0.235. The molecule has 132 valence electrons. The Labute approximate surface area is 151 Å². The second-order valence-corrected chi connectivity index (χ2v) is 8.22. The number of carbonyl (C=O) groups is 1. The molecule has 1 aliphatic rings. The Morgan fingerprint density at radius 2 is 1.96 bits per heavy atom. The van der Waals surface area contributed by atoms with Crippen LogP contribution < -0.4 is 15.4 Å². The van der Waals surface area contributed by atoms with Gasteiger partial charge in [0.1, 0.15) is 0 Å². The molecule has 1 heterocycles. The Morgan fingerprint density at radius 3 is 2.60 bits per heavy atom. The summed E-state index contributed by atoms with van der Waals surface area (Å²) in [7, 11) is -3.71. The quantitative estimate of drug-likeness (QED) is 0.778. The Balaban J connectivity index is 1.67. The summed E-state index contributed by atoms with van der Waals surface area (Å²) in [6.45, 7) is 0.883. The molecule has 6 nitrogen and oxygen atoms in total. The Kier molecular flexibility index (Phi) is 5.03. The molecule has 1 amide bonds. The summed E-state index contributed by atoms with van der Waals surface area (Å²) in [4.78, 5) is 15.5. The number of benzene rings is 2. The van der Waals surface area contributed by atoms with Crippen molar-refractivity contribution in [2.45, 2.75) is 16.2 Å². The van der Waals surface area contributed by atoms with E-state index in [9.17, 15) is 13.2 Å². The first-order chi connectivity index (χ1) is 11.9. The van der Waals surface area contributed by atoms with E-state index < -0.39 is 10.0 Å². The van der Waals surface area contributed by atoms with Gasteiger partial charge in [0.15, 0.2) is 0 Å². The van der Waals surface area contributed by atoms with Gasteiger partial charge in [0.2, 0.25) is 15.9 Å². The lowest BCUT2D eigenvalue weighted by molar-refractivity contribution is -0.115. The largest absolute Gasteiger partial charge is 0.362 e. The maximum absolute atomic E-state index is 12.3. The van der Waals surface area contributed by atoms with Crippen LogP contribution in [0.3, 0.4) is 0 Å². The number of nitrogens with two attached hydrogens (primary N) is 1. The highest BCUT2D eigenvalue weighted by atomic mass is 32.2. The van der Waals surface area contributed by atoms with Crippen molar-refractivity contribution in [2.75, 3.05) is 29.6 Å². The van der Waals surface area contributed by atoms with Crippen molar-refractivity contribution in [1.29, 1.82) is 0 Å². The molecule has 0 aliphatic carbocycles. The van der Waals surface area contributed by atoms with E-state index in [4.69, 9.17) is 5.14 Å². The molecule has 0 radical (unpaired) electrons. The zero-order chi connectivity index (χ0) is 18.0. The smallest absolute Gasteiger partial charge is 0.243 e. The number of hydrogen-bond acceptors (Lipinski definition) is 5. The first kappa shape index (κ1) is 17.8. The van der Waals surface area contributed by atoms with Crippen LogP contribution in [0.25, 0.3) is 0 Å². The van der Waals surface area contributed by atoms with Gasteiger partial charge in [0, 0.05) is 22.8 Å². The lowest BCUT2D eigenvalue weighted by atomic mass is 10.2. The molecule has 0 saturated heterocycles. The first-order valence-corrected chi connectivity index (χ1v) is 10.5. The normalized spacial score (nSPS) is 13.6. The van der Waals surface area contributed by atoms with Gasteiger partial charge in [0.25, 0.3) is 0 Å². The highest BCUT2D eigenvalue weighted by Crippen LogP contribution is 2.29. The summed E-state index contributed by atoms with van der Waals surface area (Å²) in [6, 6.07) is 12.4. The number of thioether (sulfide) groups is 1. The fourth-order valence-corrected chi connectivity index (χ4v) is 3.81. The van der Waals surface area contributed by atoms with Crippen LogP contribution in [-0.4, -0.2) is 33.7 Å². The predicted octanol–water partition coefficient (Wildman–Crippen LogP) is 2.06. The minimum Gasteiger partial charge on any atom is -0.362 e. The number of nitrogens with zero attached hydrogens (tertiary/aromatic N) is 1. The van der Waals surface area contributed by atoms with E-state index in [0.29, 0.717) is 13.0 Å². The fourth-order valence-electron chi connectivity index (χ4n) is 2.84. The van der Waals surface area contributed by atoms with Gasteiger partial charge < -0.3 is 10.2 Å². The summed E-state index contributed by atoms with van der Waals surface area (Å²) in [5.74, 6) is -0.111. The molecule has 0 saturated carbocycles. The molecule has 0 aromatic heterocycles. The zero-order valence-corrected chi connectivity index (χ0v) is 15.4. The molecule has 2 aromatic rings. The van der Waals surface area contributed by atoms with E-state index in [0.717, 1.165) is 21.8 Å². The number of hydrogen-bond donors (Lipinski definition) is 2. The molecule has 0 fully saturated rings. The molecule has 0 atom stereocenters. The Hall–Kier alpha value is -2.03. The molecule has 2 aromatic carbocycles. The summed E-state index contributed by atoms with van der Waals surface area (Å²) >= 11 is 1.64. The molecule has 0 unspecified atom stereocenters. The van der Waals surface area contributed by atoms with Gasteiger partial charge in [-0.1, -0.05) is 0 Å². The number of sulfonamides is 1. The third kappa shape index (κ3) is 4.15. The van der Waals surface area contributed by atoms with Crippen molar-refractivity contribution in [3.63, 3.8) is 0 Å². The number of nitrogens with one attached hydrogen (secondary N) is 1. The van der Waals surface area contributed by atoms with E-state index in [1.54, 1.807) is 23.9 Å². The highest BCUT2D eigenvalue weighted by Gasteiger charge is 2.23. The number of carbonyl (C=O) groups excluding carboxylic acids is 1. The number of rotatable bonds is 5. The molecule has 1 aliphatic heterocycles. The maximum Gasteiger partial charge on any atom is 0.243 e. The minimum atomic E-state index is -3.71. The minimum absolute atomic E-state index is 0.103. The van der Waals surface area contributed by atoms with Gasteiger partial charge in [-0.15, -0.1) is 11.8 Å². The number of amides is 1. The lowest BCUT2D eigenvalue weighted by Gasteiger charge is -2.19. The highest BCUT2D eigenvalue weighted by molar-refractivity contribution is 7.98. The van der Waals surface area contributed by atoms with Crippen molar-refractivity contribution in [1.82, 2.24) is 0 Å². The van der Waals surface area contributed by atoms with E-state index in [2.05, 4.69) is 5.32 Å². The molecule has 3 rings (SSSR count). The second-order valence-electron chi connectivity index (χ2n) is 5.78. The van der Waals surface area contributed by atoms with E-state index in [-0.39, 0.29) is 17.3 Å². The van der Waals surface area contributed by atoms with Crippen LogP contribution in [0, 0.1) is 0 Å². The van der Waals surface area contributed by atoms with Crippen molar-refractivity contribution >= 4 is 39.1 Å². The number of primary sulfonamides is 1. The summed E-state index contributed by atoms with van der Waals surface area (Å²) in [5, 5.41) is 8.05. The van der Waals surface area contributed by atoms with Crippen LogP contribution in [0.1, 0.15) is 5.56 Å². The zero-order valence-electron chi connectivity index (χ0n) is 13.7. The van der Waals surface area contributed by atoms with Crippen molar-refractivity contribution in [3.8, 4) is 0 Å². The van der Waals surface area contributed by atoms with Crippen molar-refractivity contribution in [3.05, 3.63) is 48.0 Å². The van der Waals surface area contributed by atoms with Crippen molar-refractivity contribution in [2.24, 2.45) is 5.14 Å². The summed E-state index contributed by atoms with van der Waals surface area (Å²) in [5.41, 5.74) is 2.52. The van der Waals surface area contributed by atoms with Crippen LogP contribution in [0.4, 0.5) is 11.4 Å². The van der Waals surface area contributed by atoms with Gasteiger partial charge in [-0.2, -0.15) is 0 Å². The van der Waals surface area contributed by atoms with Crippen LogP contribution in [0.2, 0.25) is 0 Å². The SMILES string of the molecule is CSc1ccc(NC(=O)CN2CCc3cc(S(N)(=O)=O)ccc32)cc1. The third-order valence-corrected chi connectivity index (χ3v) is 5.73. The molecular weight excluding hydrogens is 358 g/mol. The standard InChI is InChI=1S/C17H19N3O3S2/c1-24-14-4-2-13(3-5-14)19-17(21)11-20-9-8-12-10-15(25(18,22)23)6-7-16(12)20/h2-7,10H,8-9,11H2,1H3,(H,19,21)(H2,18,22,23). The van der Waals surface area contributed by atoms with Crippen LogP contribution in [0.15, 0.2) is 52.3 Å². The summed E-state index contributed by atoms with van der Waals surface area (Å²) < 4.78 is 22.9. The van der Waals surface area contributed by atoms with Gasteiger partial charge in [-0.25, -0.2) is 13.6 Å². The Bertz CT molecular complexity index is 896. The molecule has 25 heavy (non-hydrogen) atoms. The van der Waals surface area contributed by atoms with E-state index in [1.807, 2.05) is 35.4 Å². The van der Waals surface area contributed by atoms with Gasteiger partial charge in [0.05, 0.1) is 11.4 Å². The monoisotopic (exact) mass is 377 g/mol. The summed E-state index contributed by atoms with van der Waals surface area (Å²) in [6.07, 6.45) is 2.69. The average Bonchev–Trinajstić information content (AvgIpc) is 2.97. The number of fused-ring (bicyclic) bond motifs is 1. The third-order valence-electron chi connectivity index (χ3n) is 4.08. The molecule has 0 spiro atoms. The second kappa shape index (κ2) is 7.07. The maximum atomic E-state index is 12.3. The van der Waals surface area contributed by atoms with Gasteiger partial charge in [-0.3, -0.25) is 4.79 Å². The lowest BCUT2D eigenvalue weighted by Crippen LogP contribution is -2.31. The molecular formula is C17H19N3O3S2. The molecule has 3 N–H and O–H groups in total. The molecule has 8 heteroatoms. The topological polar surface area (TPSA) is 92.5 Å². The first-order valence-electron chi connectivity index (χ1n) is 7.71. The van der Waals surface area contributed by atoms with E-state index >= 15 is 0 Å². The van der Waals surface area contributed by atoms with Crippen LogP contribution in [0.5, 0.6) is 0 Å². The van der Waals surface area contributed by atoms with Crippen LogP contribution in [-0.2, 0) is 21.2 Å². The Morgan fingerprint density at radius 1 is 1.24 bits per heavy atom.